The number of H-pyrrole nitrogens is 1. The van der Waals surface area contributed by atoms with Crippen molar-refractivity contribution in [2.24, 2.45) is 0 Å². The molecule has 1 fully saturated rings. The Bertz CT molecular complexity index is 648. The van der Waals surface area contributed by atoms with Gasteiger partial charge in [-0.05, 0) is 43.5 Å². The van der Waals surface area contributed by atoms with Crippen molar-refractivity contribution in [2.45, 2.75) is 38.8 Å². The third kappa shape index (κ3) is 3.24. The van der Waals surface area contributed by atoms with Crippen LogP contribution in [-0.4, -0.2) is 16.4 Å². The minimum Gasteiger partial charge on any atom is -0.329 e. The molecule has 1 aliphatic heterocycles. The standard InChI is InChI=1S/C18H22N2O/c1-14-11-16(12-19-18(14)21)17-9-5-6-10-20(17)13-15-7-3-2-4-8-15/h2-4,7-8,11-12,17H,5-6,9-10,13H2,1H3,(H,19,21)/t17-/m1/s1. The van der Waals surface area contributed by atoms with Gasteiger partial charge in [-0.1, -0.05) is 36.8 Å². The fourth-order valence-electron chi connectivity index (χ4n) is 3.19. The van der Waals surface area contributed by atoms with E-state index in [1.54, 1.807) is 0 Å². The summed E-state index contributed by atoms with van der Waals surface area (Å²) in [5, 5.41) is 0. The molecule has 2 heterocycles. The minimum absolute atomic E-state index is 0.0177. The summed E-state index contributed by atoms with van der Waals surface area (Å²) >= 11 is 0. The first-order valence-corrected chi connectivity index (χ1v) is 7.71. The Kier molecular flexibility index (Phi) is 4.20. The van der Waals surface area contributed by atoms with Gasteiger partial charge in [0.1, 0.15) is 0 Å². The Labute approximate surface area is 125 Å². The summed E-state index contributed by atoms with van der Waals surface area (Å²) in [6, 6.07) is 13.1. The number of benzene rings is 1. The van der Waals surface area contributed by atoms with Crippen LogP contribution in [0.25, 0.3) is 0 Å². The van der Waals surface area contributed by atoms with Crippen LogP contribution in [0.1, 0.15) is 42.0 Å². The Hall–Kier alpha value is -1.87. The number of piperidine rings is 1. The molecule has 0 bridgehead atoms. The predicted molar refractivity (Wildman–Crippen MR) is 85.2 cm³/mol. The number of hydrogen-bond acceptors (Lipinski definition) is 2. The van der Waals surface area contributed by atoms with Crippen LogP contribution in [0.5, 0.6) is 0 Å². The van der Waals surface area contributed by atoms with Crippen LogP contribution in [0.2, 0.25) is 0 Å². The first kappa shape index (κ1) is 14.1. The van der Waals surface area contributed by atoms with Crippen molar-refractivity contribution in [3.05, 3.63) is 69.6 Å². The average molecular weight is 282 g/mol. The maximum Gasteiger partial charge on any atom is 0.250 e. The number of nitrogens with one attached hydrogen (secondary N) is 1. The van der Waals surface area contributed by atoms with Gasteiger partial charge in [-0.2, -0.15) is 0 Å². The summed E-state index contributed by atoms with van der Waals surface area (Å²) in [5.74, 6) is 0. The van der Waals surface area contributed by atoms with Gasteiger partial charge in [-0.25, -0.2) is 0 Å². The van der Waals surface area contributed by atoms with E-state index in [0.29, 0.717) is 6.04 Å². The van der Waals surface area contributed by atoms with Gasteiger partial charge >= 0.3 is 0 Å². The highest BCUT2D eigenvalue weighted by molar-refractivity contribution is 5.22. The Balaban J connectivity index is 1.84. The molecule has 0 amide bonds. The van der Waals surface area contributed by atoms with Gasteiger partial charge in [-0.3, -0.25) is 9.69 Å². The van der Waals surface area contributed by atoms with Crippen LogP contribution < -0.4 is 5.56 Å². The molecule has 0 unspecified atom stereocenters. The molecule has 110 valence electrons. The molecule has 0 aliphatic carbocycles. The zero-order valence-corrected chi connectivity index (χ0v) is 12.5. The number of nitrogens with zero attached hydrogens (tertiary/aromatic N) is 1. The van der Waals surface area contributed by atoms with Crippen molar-refractivity contribution < 1.29 is 0 Å². The maximum absolute atomic E-state index is 11.6. The van der Waals surface area contributed by atoms with Crippen molar-refractivity contribution in [1.29, 1.82) is 0 Å². The summed E-state index contributed by atoms with van der Waals surface area (Å²) in [6.07, 6.45) is 5.57. The molecule has 1 aliphatic rings. The van der Waals surface area contributed by atoms with Crippen molar-refractivity contribution in [3.63, 3.8) is 0 Å². The first-order chi connectivity index (χ1) is 10.2. The number of rotatable bonds is 3. The van der Waals surface area contributed by atoms with E-state index in [1.807, 2.05) is 19.2 Å². The van der Waals surface area contributed by atoms with E-state index in [9.17, 15) is 4.79 Å². The second kappa shape index (κ2) is 6.27. The molecule has 2 aromatic rings. The number of aromatic nitrogens is 1. The number of likely N-dealkylation sites (tertiary alicyclic amines) is 1. The first-order valence-electron chi connectivity index (χ1n) is 7.71. The van der Waals surface area contributed by atoms with Crippen molar-refractivity contribution in [3.8, 4) is 0 Å². The largest absolute Gasteiger partial charge is 0.329 e. The predicted octanol–water partition coefficient (Wildman–Crippen LogP) is 3.41. The van der Waals surface area contributed by atoms with E-state index >= 15 is 0 Å². The lowest BCUT2D eigenvalue weighted by Crippen LogP contribution is -2.33. The molecule has 0 radical (unpaired) electrons. The Morgan fingerprint density at radius 2 is 2.05 bits per heavy atom. The van der Waals surface area contributed by atoms with Gasteiger partial charge in [0.2, 0.25) is 0 Å². The maximum atomic E-state index is 11.6. The molecule has 1 saturated heterocycles. The molecule has 0 saturated carbocycles. The van der Waals surface area contributed by atoms with E-state index in [0.717, 1.165) is 25.1 Å². The fraction of sp³-hybridized carbons (Fsp3) is 0.389. The van der Waals surface area contributed by atoms with Crippen molar-refractivity contribution in [1.82, 2.24) is 9.88 Å². The highest BCUT2D eigenvalue weighted by Gasteiger charge is 2.24. The van der Waals surface area contributed by atoms with Gasteiger partial charge in [-0.15, -0.1) is 0 Å². The molecular formula is C18H22N2O. The van der Waals surface area contributed by atoms with Gasteiger partial charge in [0.15, 0.2) is 0 Å². The van der Waals surface area contributed by atoms with Gasteiger partial charge < -0.3 is 4.98 Å². The second-order valence-corrected chi connectivity index (χ2v) is 5.91. The average Bonchev–Trinajstić information content (AvgIpc) is 2.52. The molecule has 3 rings (SSSR count). The van der Waals surface area contributed by atoms with E-state index in [1.165, 1.54) is 24.0 Å². The minimum atomic E-state index is 0.0177. The summed E-state index contributed by atoms with van der Waals surface area (Å²) in [6.45, 7) is 3.98. The summed E-state index contributed by atoms with van der Waals surface area (Å²) < 4.78 is 0. The Morgan fingerprint density at radius 1 is 1.24 bits per heavy atom. The third-order valence-electron chi connectivity index (χ3n) is 4.34. The number of aromatic amines is 1. The number of aryl methyl sites for hydroxylation is 1. The summed E-state index contributed by atoms with van der Waals surface area (Å²) in [5.41, 5.74) is 3.41. The van der Waals surface area contributed by atoms with E-state index < -0.39 is 0 Å². The van der Waals surface area contributed by atoms with Crippen LogP contribution in [-0.2, 0) is 6.54 Å². The van der Waals surface area contributed by atoms with E-state index in [4.69, 9.17) is 0 Å². The summed E-state index contributed by atoms with van der Waals surface area (Å²) in [4.78, 5) is 17.0. The van der Waals surface area contributed by atoms with Crippen LogP contribution >= 0.6 is 0 Å². The molecule has 3 heteroatoms. The normalized spacial score (nSPS) is 19.6. The lowest BCUT2D eigenvalue weighted by atomic mass is 9.95. The van der Waals surface area contributed by atoms with Crippen molar-refractivity contribution in [2.75, 3.05) is 6.54 Å². The lowest BCUT2D eigenvalue weighted by molar-refractivity contribution is 0.140. The third-order valence-corrected chi connectivity index (χ3v) is 4.34. The quantitative estimate of drug-likeness (QED) is 0.936. The smallest absolute Gasteiger partial charge is 0.250 e. The molecule has 3 nitrogen and oxygen atoms in total. The molecule has 21 heavy (non-hydrogen) atoms. The lowest BCUT2D eigenvalue weighted by Gasteiger charge is -2.36. The zero-order chi connectivity index (χ0) is 14.7. The van der Waals surface area contributed by atoms with E-state index in [-0.39, 0.29) is 5.56 Å². The fourth-order valence-corrected chi connectivity index (χ4v) is 3.19. The molecular weight excluding hydrogens is 260 g/mol. The van der Waals surface area contributed by atoms with Crippen LogP contribution in [0.15, 0.2) is 47.4 Å². The highest BCUT2D eigenvalue weighted by Crippen LogP contribution is 2.31. The topological polar surface area (TPSA) is 36.1 Å². The van der Waals surface area contributed by atoms with Crippen LogP contribution in [0.4, 0.5) is 0 Å². The molecule has 1 N–H and O–H groups in total. The summed E-state index contributed by atoms with van der Waals surface area (Å²) in [7, 11) is 0. The molecule has 1 aromatic heterocycles. The molecule has 0 spiro atoms. The van der Waals surface area contributed by atoms with Gasteiger partial charge in [0.05, 0.1) is 0 Å². The zero-order valence-electron chi connectivity index (χ0n) is 12.5. The van der Waals surface area contributed by atoms with Crippen LogP contribution in [0, 0.1) is 6.92 Å². The molecule has 1 atom stereocenters. The van der Waals surface area contributed by atoms with Gasteiger partial charge in [0, 0.05) is 24.3 Å². The monoisotopic (exact) mass is 282 g/mol. The number of hydrogen-bond donors (Lipinski definition) is 1. The van der Waals surface area contributed by atoms with Crippen molar-refractivity contribution >= 4 is 0 Å². The van der Waals surface area contributed by atoms with Crippen LogP contribution in [0.3, 0.4) is 0 Å². The Morgan fingerprint density at radius 3 is 2.81 bits per heavy atom. The number of pyridine rings is 1. The van der Waals surface area contributed by atoms with E-state index in [2.05, 4.69) is 40.2 Å². The molecule has 1 aromatic carbocycles. The van der Waals surface area contributed by atoms with Gasteiger partial charge in [0.25, 0.3) is 5.56 Å². The SMILES string of the molecule is Cc1cc([C@H]2CCCCN2Cc2ccccc2)c[nH]c1=O. The second-order valence-electron chi connectivity index (χ2n) is 5.91. The highest BCUT2D eigenvalue weighted by atomic mass is 16.1.